The third-order valence-corrected chi connectivity index (χ3v) is 3.41. The Balaban J connectivity index is 2.03. The number of pyridine rings is 1. The van der Waals surface area contributed by atoms with Crippen molar-refractivity contribution in [2.45, 2.75) is 13.0 Å². The highest BCUT2D eigenvalue weighted by Crippen LogP contribution is 2.20. The van der Waals surface area contributed by atoms with E-state index in [-0.39, 0.29) is 5.91 Å². The number of thiol groups is 1. The van der Waals surface area contributed by atoms with E-state index >= 15 is 0 Å². The molecule has 1 aromatic rings. The average Bonchev–Trinajstić information content (AvgIpc) is 2.60. The molecule has 1 unspecified atom stereocenters. The summed E-state index contributed by atoms with van der Waals surface area (Å²) >= 11 is 10.0. The summed E-state index contributed by atoms with van der Waals surface area (Å²) in [6, 6.07) is 5.46. The minimum absolute atomic E-state index is 0.181. The molecule has 2 rings (SSSR count). The van der Waals surface area contributed by atoms with Gasteiger partial charge in [0.15, 0.2) is 0 Å². The van der Waals surface area contributed by atoms with Crippen molar-refractivity contribution in [3.05, 3.63) is 29.0 Å². The van der Waals surface area contributed by atoms with E-state index in [1.54, 1.807) is 6.07 Å². The summed E-state index contributed by atoms with van der Waals surface area (Å²) in [5.41, 5.74) is 0.834. The van der Waals surface area contributed by atoms with Gasteiger partial charge in [0.1, 0.15) is 5.15 Å². The van der Waals surface area contributed by atoms with Gasteiger partial charge in [0.25, 0.3) is 0 Å². The normalized spacial score (nSPS) is 20.5. The Labute approximate surface area is 105 Å². The van der Waals surface area contributed by atoms with E-state index in [1.165, 1.54) is 0 Å². The molecule has 86 valence electrons. The Morgan fingerprint density at radius 2 is 2.38 bits per heavy atom. The molecule has 5 heteroatoms. The van der Waals surface area contributed by atoms with Gasteiger partial charge < -0.3 is 4.90 Å². The van der Waals surface area contributed by atoms with Gasteiger partial charge in [0.05, 0.1) is 12.2 Å². The molecule has 0 saturated carbocycles. The van der Waals surface area contributed by atoms with Gasteiger partial charge >= 0.3 is 0 Å². The van der Waals surface area contributed by atoms with Gasteiger partial charge in [-0.2, -0.15) is 12.6 Å². The van der Waals surface area contributed by atoms with Crippen LogP contribution in [0.1, 0.15) is 12.1 Å². The maximum atomic E-state index is 11.7. The second-order valence-corrected chi connectivity index (χ2v) is 4.73. The molecule has 0 N–H and O–H groups in total. The number of likely N-dealkylation sites (tertiary alicyclic amines) is 1. The Bertz CT molecular complexity index is 399. The van der Waals surface area contributed by atoms with Crippen LogP contribution in [0, 0.1) is 5.92 Å². The summed E-state index contributed by atoms with van der Waals surface area (Å²) in [6.07, 6.45) is 0.601. The fraction of sp³-hybridized carbons (Fsp3) is 0.455. The summed E-state index contributed by atoms with van der Waals surface area (Å²) in [5.74, 6) is 1.31. The lowest BCUT2D eigenvalue weighted by atomic mass is 10.1. The number of carbonyl (C=O) groups excluding carboxylic acids is 1. The van der Waals surface area contributed by atoms with Crippen molar-refractivity contribution >= 4 is 30.1 Å². The lowest BCUT2D eigenvalue weighted by Gasteiger charge is -2.15. The zero-order valence-electron chi connectivity index (χ0n) is 8.77. The minimum Gasteiger partial charge on any atom is -0.336 e. The van der Waals surface area contributed by atoms with Crippen LogP contribution in [-0.4, -0.2) is 28.1 Å². The van der Waals surface area contributed by atoms with Crippen molar-refractivity contribution in [2.75, 3.05) is 12.3 Å². The number of hydrogen-bond acceptors (Lipinski definition) is 3. The van der Waals surface area contributed by atoms with Crippen molar-refractivity contribution in [1.29, 1.82) is 0 Å². The molecule has 3 nitrogen and oxygen atoms in total. The molecule has 0 spiro atoms. The summed E-state index contributed by atoms with van der Waals surface area (Å²) in [7, 11) is 0. The van der Waals surface area contributed by atoms with Crippen molar-refractivity contribution < 1.29 is 4.79 Å². The molecule has 1 aliphatic heterocycles. The average molecular weight is 257 g/mol. The second-order valence-electron chi connectivity index (χ2n) is 3.98. The Kier molecular flexibility index (Phi) is 3.71. The molecule has 1 atom stereocenters. The first kappa shape index (κ1) is 11.7. The molecule has 1 fully saturated rings. The molecule has 0 aliphatic carbocycles. The van der Waals surface area contributed by atoms with Crippen LogP contribution >= 0.6 is 24.2 Å². The molecule has 1 aromatic heterocycles. The fourth-order valence-corrected chi connectivity index (χ4v) is 2.29. The number of amides is 1. The molecule has 2 heterocycles. The molecule has 16 heavy (non-hydrogen) atoms. The van der Waals surface area contributed by atoms with Crippen LogP contribution in [-0.2, 0) is 11.3 Å². The van der Waals surface area contributed by atoms with Crippen LogP contribution in [0.4, 0.5) is 0 Å². The van der Waals surface area contributed by atoms with E-state index in [0.29, 0.717) is 24.0 Å². The van der Waals surface area contributed by atoms with Crippen molar-refractivity contribution in [1.82, 2.24) is 9.88 Å². The lowest BCUT2D eigenvalue weighted by molar-refractivity contribution is -0.128. The number of aromatic nitrogens is 1. The first-order chi connectivity index (χ1) is 7.69. The smallest absolute Gasteiger partial charge is 0.223 e. The van der Waals surface area contributed by atoms with E-state index in [0.717, 1.165) is 18.0 Å². The summed E-state index contributed by atoms with van der Waals surface area (Å²) < 4.78 is 0. The van der Waals surface area contributed by atoms with E-state index in [9.17, 15) is 4.79 Å². The highest BCUT2D eigenvalue weighted by molar-refractivity contribution is 7.80. The highest BCUT2D eigenvalue weighted by Gasteiger charge is 2.28. The number of carbonyl (C=O) groups is 1. The van der Waals surface area contributed by atoms with Crippen LogP contribution in [0.3, 0.4) is 0 Å². The Hall–Kier alpha value is -0.740. The van der Waals surface area contributed by atoms with Crippen LogP contribution in [0.2, 0.25) is 5.15 Å². The molecule has 0 radical (unpaired) electrons. The zero-order chi connectivity index (χ0) is 11.5. The molecule has 1 amide bonds. The quantitative estimate of drug-likeness (QED) is 0.663. The first-order valence-corrected chi connectivity index (χ1v) is 6.20. The minimum atomic E-state index is 0.181. The van der Waals surface area contributed by atoms with Gasteiger partial charge in [-0.05, 0) is 23.8 Å². The van der Waals surface area contributed by atoms with Crippen LogP contribution in [0.25, 0.3) is 0 Å². The Morgan fingerprint density at radius 3 is 3.00 bits per heavy atom. The monoisotopic (exact) mass is 256 g/mol. The van der Waals surface area contributed by atoms with Crippen molar-refractivity contribution in [2.24, 2.45) is 5.92 Å². The van der Waals surface area contributed by atoms with Gasteiger partial charge in [-0.25, -0.2) is 4.98 Å². The van der Waals surface area contributed by atoms with Crippen LogP contribution < -0.4 is 0 Å². The lowest BCUT2D eigenvalue weighted by Crippen LogP contribution is -2.25. The third-order valence-electron chi connectivity index (χ3n) is 2.68. The van der Waals surface area contributed by atoms with Crippen molar-refractivity contribution in [3.8, 4) is 0 Å². The number of nitrogens with zero attached hydrogens (tertiary/aromatic N) is 2. The maximum Gasteiger partial charge on any atom is 0.223 e. The summed E-state index contributed by atoms with van der Waals surface area (Å²) in [6.45, 7) is 1.32. The van der Waals surface area contributed by atoms with Crippen LogP contribution in [0.5, 0.6) is 0 Å². The number of hydrogen-bond donors (Lipinski definition) is 1. The number of rotatable bonds is 3. The van der Waals surface area contributed by atoms with Gasteiger partial charge in [-0.1, -0.05) is 17.7 Å². The van der Waals surface area contributed by atoms with E-state index in [2.05, 4.69) is 17.6 Å². The molecule has 0 aromatic carbocycles. The van der Waals surface area contributed by atoms with Gasteiger partial charge in [0, 0.05) is 13.0 Å². The largest absolute Gasteiger partial charge is 0.336 e. The molecule has 1 aliphatic rings. The summed E-state index contributed by atoms with van der Waals surface area (Å²) in [4.78, 5) is 17.7. The predicted octanol–water partition coefficient (Wildman–Crippen LogP) is 2.01. The zero-order valence-corrected chi connectivity index (χ0v) is 10.4. The van der Waals surface area contributed by atoms with Crippen LogP contribution in [0.15, 0.2) is 18.2 Å². The third kappa shape index (κ3) is 2.68. The topological polar surface area (TPSA) is 33.2 Å². The fourth-order valence-electron chi connectivity index (χ4n) is 1.86. The molecule has 0 bridgehead atoms. The van der Waals surface area contributed by atoms with Gasteiger partial charge in [-0.15, -0.1) is 0 Å². The molecular weight excluding hydrogens is 244 g/mol. The van der Waals surface area contributed by atoms with Gasteiger partial charge in [-0.3, -0.25) is 4.79 Å². The van der Waals surface area contributed by atoms with E-state index in [4.69, 9.17) is 11.6 Å². The summed E-state index contributed by atoms with van der Waals surface area (Å²) in [5, 5.41) is 0.467. The molecule has 1 saturated heterocycles. The predicted molar refractivity (Wildman–Crippen MR) is 66.6 cm³/mol. The SMILES string of the molecule is O=C1CC(CS)CN1Cc1cccc(Cl)n1. The molecular formula is C11H13ClN2OS. The second kappa shape index (κ2) is 5.06. The van der Waals surface area contributed by atoms with Crippen molar-refractivity contribution in [3.63, 3.8) is 0 Å². The highest BCUT2D eigenvalue weighted by atomic mass is 35.5. The Morgan fingerprint density at radius 1 is 1.56 bits per heavy atom. The van der Waals surface area contributed by atoms with E-state index in [1.807, 2.05) is 17.0 Å². The number of halogens is 1. The van der Waals surface area contributed by atoms with E-state index < -0.39 is 0 Å². The standard InChI is InChI=1S/C11H13ClN2OS/c12-10-3-1-2-9(13-10)6-14-5-8(7-16)4-11(14)15/h1-3,8,16H,4-7H2. The maximum absolute atomic E-state index is 11.7. The first-order valence-electron chi connectivity index (χ1n) is 5.19. The van der Waals surface area contributed by atoms with Gasteiger partial charge in [0.2, 0.25) is 5.91 Å².